The van der Waals surface area contributed by atoms with Crippen molar-refractivity contribution in [3.63, 3.8) is 0 Å². The summed E-state index contributed by atoms with van der Waals surface area (Å²) in [4.78, 5) is 21.0. The molecule has 7 heteroatoms. The monoisotopic (exact) mass is 280 g/mol. The third-order valence-corrected chi connectivity index (χ3v) is 3.37. The smallest absolute Gasteiger partial charge is 0.372 e. The molecule has 1 fully saturated rings. The fourth-order valence-corrected chi connectivity index (χ4v) is 2.45. The maximum atomic E-state index is 11.4. The molecule has 1 aliphatic heterocycles. The van der Waals surface area contributed by atoms with E-state index in [1.807, 2.05) is 18.7 Å². The summed E-state index contributed by atoms with van der Waals surface area (Å²) in [7, 11) is 0. The third-order valence-electron chi connectivity index (χ3n) is 3.37. The van der Waals surface area contributed by atoms with Crippen molar-refractivity contribution >= 4 is 11.5 Å². The summed E-state index contributed by atoms with van der Waals surface area (Å²) in [5.74, 6) is 0.417. The fraction of sp³-hybridized carbons (Fsp3) is 0.692. The molecule has 0 aliphatic carbocycles. The normalized spacial score (nSPS) is 19.2. The summed E-state index contributed by atoms with van der Waals surface area (Å²) >= 11 is 0. The van der Waals surface area contributed by atoms with Crippen molar-refractivity contribution < 1.29 is 9.66 Å². The minimum absolute atomic E-state index is 0.0489. The van der Waals surface area contributed by atoms with Crippen LogP contribution < -0.4 is 9.64 Å². The molecule has 7 nitrogen and oxygen atoms in total. The predicted octanol–water partition coefficient (Wildman–Crippen LogP) is 2.55. The molecule has 110 valence electrons. The lowest BCUT2D eigenvalue weighted by Crippen LogP contribution is -2.38. The van der Waals surface area contributed by atoms with E-state index in [4.69, 9.17) is 4.74 Å². The van der Waals surface area contributed by atoms with Crippen LogP contribution in [-0.4, -0.2) is 33.6 Å². The van der Waals surface area contributed by atoms with Crippen molar-refractivity contribution in [1.29, 1.82) is 0 Å². The minimum atomic E-state index is -0.450. The summed E-state index contributed by atoms with van der Waals surface area (Å²) in [5, 5.41) is 11.4. The molecule has 0 radical (unpaired) electrons. The topological polar surface area (TPSA) is 81.4 Å². The van der Waals surface area contributed by atoms with E-state index >= 15 is 0 Å². The maximum absolute atomic E-state index is 11.4. The number of nitrogens with zero attached hydrogens (tertiary/aromatic N) is 4. The van der Waals surface area contributed by atoms with Gasteiger partial charge >= 0.3 is 5.69 Å². The molecule has 0 saturated carbocycles. The van der Waals surface area contributed by atoms with Crippen LogP contribution in [0.25, 0.3) is 0 Å². The van der Waals surface area contributed by atoms with E-state index in [9.17, 15) is 10.1 Å². The number of hydrogen-bond donors (Lipinski definition) is 0. The first-order valence-electron chi connectivity index (χ1n) is 6.93. The summed E-state index contributed by atoms with van der Waals surface area (Å²) in [5.41, 5.74) is -0.130. The van der Waals surface area contributed by atoms with E-state index in [0.29, 0.717) is 5.82 Å². The third kappa shape index (κ3) is 2.97. The molecule has 0 spiro atoms. The highest BCUT2D eigenvalue weighted by atomic mass is 16.6. The first-order chi connectivity index (χ1) is 9.50. The Morgan fingerprint density at radius 3 is 2.80 bits per heavy atom. The maximum Gasteiger partial charge on any atom is 0.372 e. The largest absolute Gasteiger partial charge is 0.470 e. The molecule has 1 saturated heterocycles. The van der Waals surface area contributed by atoms with Crippen LogP contribution in [0, 0.1) is 10.1 Å². The number of ether oxygens (including phenoxy) is 1. The van der Waals surface area contributed by atoms with Gasteiger partial charge in [-0.2, -0.15) is 4.98 Å². The molecule has 0 N–H and O–H groups in total. The minimum Gasteiger partial charge on any atom is -0.470 e. The van der Waals surface area contributed by atoms with Gasteiger partial charge in [-0.15, -0.1) is 0 Å². The SMILES string of the molecule is CC(C)Oc1ncnc(N2CCCCC2C)c1[N+](=O)[O-]. The van der Waals surface area contributed by atoms with Crippen molar-refractivity contribution in [1.82, 2.24) is 9.97 Å². The van der Waals surface area contributed by atoms with Crippen molar-refractivity contribution in [3.05, 3.63) is 16.4 Å². The molecule has 2 heterocycles. The second-order valence-corrected chi connectivity index (χ2v) is 5.31. The van der Waals surface area contributed by atoms with Crippen molar-refractivity contribution in [2.45, 2.75) is 52.2 Å². The van der Waals surface area contributed by atoms with Crippen LogP contribution in [0.5, 0.6) is 5.88 Å². The molecule has 1 aliphatic rings. The summed E-state index contributed by atoms with van der Waals surface area (Å²) < 4.78 is 5.45. The molecule has 0 bridgehead atoms. The van der Waals surface area contributed by atoms with Gasteiger partial charge in [0.2, 0.25) is 5.82 Å². The lowest BCUT2D eigenvalue weighted by Gasteiger charge is -2.33. The number of hydrogen-bond acceptors (Lipinski definition) is 6. The first-order valence-corrected chi connectivity index (χ1v) is 6.93. The van der Waals surface area contributed by atoms with Crippen molar-refractivity contribution in [2.24, 2.45) is 0 Å². The van der Waals surface area contributed by atoms with Gasteiger partial charge in [0, 0.05) is 12.6 Å². The van der Waals surface area contributed by atoms with E-state index < -0.39 is 4.92 Å². The summed E-state index contributed by atoms with van der Waals surface area (Å²) in [6.45, 7) is 6.47. The number of nitro groups is 1. The van der Waals surface area contributed by atoms with Crippen molar-refractivity contribution in [3.8, 4) is 5.88 Å². The molecule has 1 aromatic rings. The number of rotatable bonds is 4. The van der Waals surface area contributed by atoms with E-state index in [1.54, 1.807) is 0 Å². The molecule has 1 aromatic heterocycles. The Bertz CT molecular complexity index is 493. The Morgan fingerprint density at radius 1 is 1.45 bits per heavy atom. The van der Waals surface area contributed by atoms with E-state index in [2.05, 4.69) is 16.9 Å². The number of aromatic nitrogens is 2. The van der Waals surface area contributed by atoms with Crippen LogP contribution >= 0.6 is 0 Å². The zero-order valence-corrected chi connectivity index (χ0v) is 12.1. The summed E-state index contributed by atoms with van der Waals surface area (Å²) in [6, 6.07) is 0.240. The van der Waals surface area contributed by atoms with E-state index in [0.717, 1.165) is 25.8 Å². The van der Waals surface area contributed by atoms with Crippen LogP contribution in [0.4, 0.5) is 11.5 Å². The van der Waals surface area contributed by atoms with Gasteiger partial charge in [0.1, 0.15) is 6.33 Å². The molecule has 0 aromatic carbocycles. The predicted molar refractivity (Wildman–Crippen MR) is 75.1 cm³/mol. The van der Waals surface area contributed by atoms with Crippen LogP contribution in [0.1, 0.15) is 40.0 Å². The van der Waals surface area contributed by atoms with Gasteiger partial charge in [-0.05, 0) is 40.0 Å². The molecule has 1 unspecified atom stereocenters. The van der Waals surface area contributed by atoms with E-state index in [-0.39, 0.29) is 23.7 Å². The van der Waals surface area contributed by atoms with Crippen LogP contribution in [0.3, 0.4) is 0 Å². The quantitative estimate of drug-likeness (QED) is 0.622. The first kappa shape index (κ1) is 14.5. The standard InChI is InChI=1S/C13H20N4O3/c1-9(2)20-13-11(17(18)19)12(14-8-15-13)16-7-5-4-6-10(16)3/h8-10H,4-7H2,1-3H3. The van der Waals surface area contributed by atoms with Gasteiger partial charge < -0.3 is 9.64 Å². The Kier molecular flexibility index (Phi) is 4.36. The zero-order chi connectivity index (χ0) is 14.7. The summed E-state index contributed by atoms with van der Waals surface area (Å²) in [6.07, 6.45) is 4.34. The molecule has 2 rings (SSSR count). The van der Waals surface area contributed by atoms with Crippen molar-refractivity contribution in [2.75, 3.05) is 11.4 Å². The van der Waals surface area contributed by atoms with Gasteiger partial charge in [0.15, 0.2) is 0 Å². The Balaban J connectivity index is 2.43. The molecule has 20 heavy (non-hydrogen) atoms. The molecule has 1 atom stereocenters. The molecular formula is C13H20N4O3. The Morgan fingerprint density at radius 2 is 2.20 bits per heavy atom. The Labute approximate surface area is 118 Å². The van der Waals surface area contributed by atoms with Crippen LogP contribution in [0.2, 0.25) is 0 Å². The van der Waals surface area contributed by atoms with Gasteiger partial charge in [0.05, 0.1) is 11.0 Å². The number of piperidine rings is 1. The van der Waals surface area contributed by atoms with Gasteiger partial charge in [-0.3, -0.25) is 10.1 Å². The Hall–Kier alpha value is -1.92. The highest BCUT2D eigenvalue weighted by Gasteiger charge is 2.31. The van der Waals surface area contributed by atoms with E-state index in [1.165, 1.54) is 6.33 Å². The second-order valence-electron chi connectivity index (χ2n) is 5.31. The zero-order valence-electron chi connectivity index (χ0n) is 12.1. The second kappa shape index (κ2) is 6.02. The average Bonchev–Trinajstić information content (AvgIpc) is 2.38. The number of anilines is 1. The average molecular weight is 280 g/mol. The van der Waals surface area contributed by atoms with Crippen LogP contribution in [0.15, 0.2) is 6.33 Å². The lowest BCUT2D eigenvalue weighted by molar-refractivity contribution is -0.385. The van der Waals surface area contributed by atoms with Gasteiger partial charge in [-0.25, -0.2) is 4.98 Å². The van der Waals surface area contributed by atoms with Crippen LogP contribution in [-0.2, 0) is 0 Å². The molecular weight excluding hydrogens is 260 g/mol. The lowest BCUT2D eigenvalue weighted by atomic mass is 10.0. The molecule has 0 amide bonds. The highest BCUT2D eigenvalue weighted by Crippen LogP contribution is 2.36. The van der Waals surface area contributed by atoms with Gasteiger partial charge in [0.25, 0.3) is 5.88 Å². The fourth-order valence-electron chi connectivity index (χ4n) is 2.45. The highest BCUT2D eigenvalue weighted by molar-refractivity contribution is 5.63. The van der Waals surface area contributed by atoms with Gasteiger partial charge in [-0.1, -0.05) is 0 Å².